The molecule has 94 valence electrons. The Morgan fingerprint density at radius 1 is 1.28 bits per heavy atom. The number of hydrogen-bond acceptors (Lipinski definition) is 2. The first-order valence-corrected chi connectivity index (χ1v) is 5.89. The number of benzene rings is 1. The highest BCUT2D eigenvalue weighted by Gasteiger charge is 2.22. The van der Waals surface area contributed by atoms with Crippen LogP contribution >= 0.6 is 0 Å². The highest BCUT2D eigenvalue weighted by atomic mass is 19.1. The van der Waals surface area contributed by atoms with Gasteiger partial charge in [-0.05, 0) is 31.0 Å². The van der Waals surface area contributed by atoms with Gasteiger partial charge in [0.2, 0.25) is 5.95 Å². The lowest BCUT2D eigenvalue weighted by atomic mass is 10.0. The number of fused-ring (bicyclic) bond motifs is 1. The van der Waals surface area contributed by atoms with Crippen molar-refractivity contribution in [3.8, 4) is 0 Å². The maximum Gasteiger partial charge on any atom is 0.203 e. The van der Waals surface area contributed by atoms with Crippen molar-refractivity contribution >= 4 is 5.95 Å². The Balaban J connectivity index is 2.07. The maximum absolute atomic E-state index is 13.3. The molecule has 0 saturated heterocycles. The first-order chi connectivity index (χ1) is 8.63. The van der Waals surface area contributed by atoms with Gasteiger partial charge in [0.05, 0.1) is 11.7 Å². The molecule has 0 saturated carbocycles. The van der Waals surface area contributed by atoms with Gasteiger partial charge in [0, 0.05) is 18.8 Å². The zero-order valence-corrected chi connectivity index (χ0v) is 9.95. The van der Waals surface area contributed by atoms with Gasteiger partial charge < -0.3 is 9.88 Å². The number of rotatable bonds is 1. The average Bonchev–Trinajstić information content (AvgIpc) is 2.67. The summed E-state index contributed by atoms with van der Waals surface area (Å²) < 4.78 is 28.5. The summed E-state index contributed by atoms with van der Waals surface area (Å²) in [6.07, 6.45) is 2.68. The lowest BCUT2D eigenvalue weighted by Crippen LogP contribution is -2.23. The quantitative estimate of drug-likeness (QED) is 0.842. The molecule has 1 aliphatic heterocycles. The van der Waals surface area contributed by atoms with Crippen LogP contribution in [-0.4, -0.2) is 16.1 Å². The number of halogens is 2. The molecule has 3 rings (SSSR count). The minimum atomic E-state index is -0.540. The summed E-state index contributed by atoms with van der Waals surface area (Å²) in [6.45, 7) is 2.65. The third-order valence-corrected chi connectivity index (χ3v) is 3.16. The fraction of sp³-hybridized carbons (Fsp3) is 0.308. The van der Waals surface area contributed by atoms with Gasteiger partial charge in [-0.1, -0.05) is 0 Å². The minimum absolute atomic E-state index is 0.0624. The van der Waals surface area contributed by atoms with Crippen molar-refractivity contribution in [2.75, 3.05) is 11.9 Å². The summed E-state index contributed by atoms with van der Waals surface area (Å²) in [5.41, 5.74) is 1.54. The van der Waals surface area contributed by atoms with E-state index in [1.54, 1.807) is 0 Å². The van der Waals surface area contributed by atoms with E-state index in [0.717, 1.165) is 30.7 Å². The van der Waals surface area contributed by atoms with Crippen molar-refractivity contribution in [3.63, 3.8) is 0 Å². The number of anilines is 1. The predicted octanol–water partition coefficient (Wildman–Crippen LogP) is 2.87. The highest BCUT2D eigenvalue weighted by Crippen LogP contribution is 2.30. The zero-order chi connectivity index (χ0) is 12.7. The molecule has 5 heteroatoms. The molecule has 0 bridgehead atoms. The van der Waals surface area contributed by atoms with Crippen LogP contribution in [-0.2, 0) is 0 Å². The van der Waals surface area contributed by atoms with Gasteiger partial charge in [0.1, 0.15) is 11.6 Å². The first kappa shape index (κ1) is 11.2. The molecule has 3 nitrogen and oxygen atoms in total. The van der Waals surface area contributed by atoms with E-state index in [9.17, 15) is 8.78 Å². The fourth-order valence-electron chi connectivity index (χ4n) is 2.44. The number of aryl methyl sites for hydroxylation is 1. The second kappa shape index (κ2) is 4.08. The van der Waals surface area contributed by atoms with Gasteiger partial charge in [-0.15, -0.1) is 0 Å². The molecule has 1 atom stereocenters. The molecule has 0 radical (unpaired) electrons. The molecule has 0 amide bonds. The van der Waals surface area contributed by atoms with Gasteiger partial charge in [-0.2, -0.15) is 0 Å². The van der Waals surface area contributed by atoms with Crippen LogP contribution in [0.1, 0.15) is 23.7 Å². The molecule has 2 heterocycles. The lowest BCUT2D eigenvalue weighted by Gasteiger charge is -2.26. The zero-order valence-electron chi connectivity index (χ0n) is 9.95. The topological polar surface area (TPSA) is 29.9 Å². The molecule has 0 fully saturated rings. The standard InChI is InChI=1S/C13H13F2N3/c1-8-7-18-12(2-3-16-13(18)17-8)9-4-10(14)6-11(15)5-9/h4-7,12H,2-3H2,1H3,(H,16,17). The number of nitrogens with one attached hydrogen (secondary N) is 1. The van der Waals surface area contributed by atoms with Crippen LogP contribution in [0, 0.1) is 18.6 Å². The molecule has 18 heavy (non-hydrogen) atoms. The molecule has 1 aliphatic rings. The molecule has 1 aromatic carbocycles. The first-order valence-electron chi connectivity index (χ1n) is 5.89. The molecule has 1 aromatic heterocycles. The van der Waals surface area contributed by atoms with Crippen LogP contribution < -0.4 is 5.32 Å². The van der Waals surface area contributed by atoms with E-state index >= 15 is 0 Å². The molecular formula is C13H13F2N3. The van der Waals surface area contributed by atoms with Crippen molar-refractivity contribution in [2.45, 2.75) is 19.4 Å². The smallest absolute Gasteiger partial charge is 0.203 e. The summed E-state index contributed by atoms with van der Waals surface area (Å²) in [7, 11) is 0. The Morgan fingerprint density at radius 3 is 2.72 bits per heavy atom. The molecular weight excluding hydrogens is 236 g/mol. The van der Waals surface area contributed by atoms with Crippen LogP contribution in [0.2, 0.25) is 0 Å². The van der Waals surface area contributed by atoms with Gasteiger partial charge in [0.15, 0.2) is 0 Å². The third-order valence-electron chi connectivity index (χ3n) is 3.16. The number of nitrogens with zero attached hydrogens (tertiary/aromatic N) is 2. The summed E-state index contributed by atoms with van der Waals surface area (Å²) in [6, 6.07) is 3.61. The van der Waals surface area contributed by atoms with Crippen LogP contribution in [0.4, 0.5) is 14.7 Å². The van der Waals surface area contributed by atoms with Crippen molar-refractivity contribution in [3.05, 3.63) is 47.3 Å². The van der Waals surface area contributed by atoms with Crippen LogP contribution in [0.15, 0.2) is 24.4 Å². The van der Waals surface area contributed by atoms with Crippen LogP contribution in [0.3, 0.4) is 0 Å². The minimum Gasteiger partial charge on any atom is -0.356 e. The number of imidazole rings is 1. The van der Waals surface area contributed by atoms with E-state index < -0.39 is 11.6 Å². The van der Waals surface area contributed by atoms with E-state index in [1.165, 1.54) is 12.1 Å². The van der Waals surface area contributed by atoms with Crippen molar-refractivity contribution in [2.24, 2.45) is 0 Å². The van der Waals surface area contributed by atoms with Crippen LogP contribution in [0.25, 0.3) is 0 Å². The molecule has 1 N–H and O–H groups in total. The van der Waals surface area contributed by atoms with Crippen LogP contribution in [0.5, 0.6) is 0 Å². The largest absolute Gasteiger partial charge is 0.356 e. The third kappa shape index (κ3) is 1.85. The van der Waals surface area contributed by atoms with Crippen molar-refractivity contribution < 1.29 is 8.78 Å². The van der Waals surface area contributed by atoms with Crippen molar-refractivity contribution in [1.82, 2.24) is 9.55 Å². The predicted molar refractivity (Wildman–Crippen MR) is 64.6 cm³/mol. The summed E-state index contributed by atoms with van der Waals surface area (Å²) in [4.78, 5) is 4.34. The number of aromatic nitrogens is 2. The van der Waals surface area contributed by atoms with Gasteiger partial charge in [0.25, 0.3) is 0 Å². The van der Waals surface area contributed by atoms with E-state index in [0.29, 0.717) is 5.56 Å². The monoisotopic (exact) mass is 249 g/mol. The Hall–Kier alpha value is -1.91. The second-order valence-electron chi connectivity index (χ2n) is 4.55. The fourth-order valence-corrected chi connectivity index (χ4v) is 2.44. The lowest BCUT2D eigenvalue weighted by molar-refractivity contribution is 0.515. The number of hydrogen-bond donors (Lipinski definition) is 1. The molecule has 1 unspecified atom stereocenters. The van der Waals surface area contributed by atoms with E-state index in [1.807, 2.05) is 17.7 Å². The normalized spacial score (nSPS) is 18.3. The Bertz CT molecular complexity index is 572. The second-order valence-corrected chi connectivity index (χ2v) is 4.55. The van der Waals surface area contributed by atoms with E-state index in [2.05, 4.69) is 10.3 Å². The Morgan fingerprint density at radius 2 is 2.00 bits per heavy atom. The highest BCUT2D eigenvalue weighted by molar-refractivity contribution is 5.36. The van der Waals surface area contributed by atoms with Crippen molar-refractivity contribution in [1.29, 1.82) is 0 Å². The summed E-state index contributed by atoms with van der Waals surface area (Å²) in [5, 5.41) is 3.18. The Labute approximate surface area is 103 Å². The van der Waals surface area contributed by atoms with Gasteiger partial charge in [-0.3, -0.25) is 0 Å². The van der Waals surface area contributed by atoms with Gasteiger partial charge >= 0.3 is 0 Å². The Kier molecular flexibility index (Phi) is 2.54. The molecule has 2 aromatic rings. The summed E-state index contributed by atoms with van der Waals surface area (Å²) in [5.74, 6) is -0.322. The summed E-state index contributed by atoms with van der Waals surface area (Å²) >= 11 is 0. The molecule has 0 spiro atoms. The average molecular weight is 249 g/mol. The molecule has 0 aliphatic carbocycles. The van der Waals surface area contributed by atoms with Gasteiger partial charge in [-0.25, -0.2) is 13.8 Å². The SMILES string of the molecule is Cc1cn2c(n1)NCCC2c1cc(F)cc(F)c1. The maximum atomic E-state index is 13.3. The van der Waals surface area contributed by atoms with E-state index in [4.69, 9.17) is 0 Å². The van der Waals surface area contributed by atoms with E-state index in [-0.39, 0.29) is 6.04 Å².